The van der Waals surface area contributed by atoms with E-state index >= 15 is 0 Å². The molecule has 0 bridgehead atoms. The van der Waals surface area contributed by atoms with Crippen molar-refractivity contribution in [1.82, 2.24) is 5.32 Å². The summed E-state index contributed by atoms with van der Waals surface area (Å²) in [5.41, 5.74) is 1.55. The molecular formula is C19H21N3O4. The third-order valence-corrected chi connectivity index (χ3v) is 3.55. The second-order valence-electron chi connectivity index (χ2n) is 6.06. The van der Waals surface area contributed by atoms with E-state index in [0.717, 1.165) is 5.56 Å². The molecule has 0 spiro atoms. The number of carbonyl (C=O) groups excluding carboxylic acids is 1. The van der Waals surface area contributed by atoms with Crippen molar-refractivity contribution in [3.05, 3.63) is 53.6 Å². The zero-order chi connectivity index (χ0) is 19.1. The Bertz CT molecular complexity index is 831. The number of carbonyl (C=O) groups is 2. The summed E-state index contributed by atoms with van der Waals surface area (Å²) in [6, 6.07) is 11.4. The number of hydrogen-bond acceptors (Lipinski definition) is 5. The fraction of sp³-hybridized carbons (Fsp3) is 0.263. The molecule has 2 aromatic rings. The van der Waals surface area contributed by atoms with Crippen molar-refractivity contribution in [3.8, 4) is 5.75 Å². The number of hydrogen-bond donors (Lipinski definition) is 3. The number of aryl methyl sites for hydroxylation is 1. The maximum absolute atomic E-state index is 11.8. The Kier molecular flexibility index (Phi) is 6.43. The Morgan fingerprint density at radius 3 is 2.54 bits per heavy atom. The maximum atomic E-state index is 11.8. The van der Waals surface area contributed by atoms with Crippen LogP contribution in [0.4, 0.5) is 11.4 Å². The fourth-order valence-corrected chi connectivity index (χ4v) is 2.33. The first-order chi connectivity index (χ1) is 12.4. The van der Waals surface area contributed by atoms with E-state index in [0.29, 0.717) is 24.2 Å². The molecule has 26 heavy (non-hydrogen) atoms. The van der Waals surface area contributed by atoms with Crippen molar-refractivity contribution in [3.63, 3.8) is 0 Å². The highest BCUT2D eigenvalue weighted by Gasteiger charge is 2.10. The van der Waals surface area contributed by atoms with Crippen molar-refractivity contribution in [1.29, 1.82) is 0 Å². The molecule has 0 aliphatic carbocycles. The lowest BCUT2D eigenvalue weighted by atomic mass is 10.1. The van der Waals surface area contributed by atoms with Crippen LogP contribution in [0.5, 0.6) is 5.75 Å². The summed E-state index contributed by atoms with van der Waals surface area (Å²) < 4.78 is 0. The number of rotatable bonds is 7. The number of aromatic carboxylic acids is 1. The van der Waals surface area contributed by atoms with Crippen molar-refractivity contribution in [2.24, 2.45) is 10.2 Å². The first-order valence-electron chi connectivity index (χ1n) is 8.22. The number of azo groups is 1. The van der Waals surface area contributed by atoms with E-state index in [9.17, 15) is 14.7 Å². The molecule has 0 radical (unpaired) electrons. The minimum absolute atomic E-state index is 0.0311. The second-order valence-corrected chi connectivity index (χ2v) is 6.06. The average Bonchev–Trinajstić information content (AvgIpc) is 2.59. The predicted octanol–water partition coefficient (Wildman–Crippen LogP) is 3.96. The van der Waals surface area contributed by atoms with E-state index in [1.165, 1.54) is 18.2 Å². The average molecular weight is 355 g/mol. The van der Waals surface area contributed by atoms with Gasteiger partial charge in [-0.15, -0.1) is 0 Å². The summed E-state index contributed by atoms with van der Waals surface area (Å²) in [6.45, 7) is 3.81. The number of benzene rings is 2. The molecule has 136 valence electrons. The molecule has 0 saturated heterocycles. The Hall–Kier alpha value is -3.22. The summed E-state index contributed by atoms with van der Waals surface area (Å²) in [7, 11) is 0. The lowest BCUT2D eigenvalue weighted by molar-refractivity contribution is -0.121. The van der Waals surface area contributed by atoms with Crippen molar-refractivity contribution in [2.45, 2.75) is 32.7 Å². The molecule has 0 fully saturated rings. The molecule has 0 aromatic heterocycles. The van der Waals surface area contributed by atoms with Crippen LogP contribution < -0.4 is 5.32 Å². The van der Waals surface area contributed by atoms with Crippen LogP contribution in [0.1, 0.15) is 36.2 Å². The molecule has 3 N–H and O–H groups in total. The van der Waals surface area contributed by atoms with Gasteiger partial charge >= 0.3 is 5.97 Å². The van der Waals surface area contributed by atoms with E-state index in [1.54, 1.807) is 6.07 Å². The van der Waals surface area contributed by atoms with Gasteiger partial charge in [-0.25, -0.2) is 4.79 Å². The van der Waals surface area contributed by atoms with Gasteiger partial charge in [-0.2, -0.15) is 10.2 Å². The van der Waals surface area contributed by atoms with E-state index in [2.05, 4.69) is 15.5 Å². The third kappa shape index (κ3) is 5.41. The standard InChI is InChI=1S/C19H21N3O4/c1-12(2)20-18(24)10-7-13-5-3-4-6-16(13)22-21-14-8-9-17(23)15(11-14)19(25)26/h3-6,8-9,11-12,23H,7,10H2,1-2H3,(H,20,24)(H,25,26). The molecule has 7 nitrogen and oxygen atoms in total. The highest BCUT2D eigenvalue weighted by molar-refractivity contribution is 5.91. The zero-order valence-electron chi connectivity index (χ0n) is 14.6. The van der Waals surface area contributed by atoms with Crippen LogP contribution in [-0.2, 0) is 11.2 Å². The molecule has 7 heteroatoms. The van der Waals surface area contributed by atoms with Crippen LogP contribution in [0.25, 0.3) is 0 Å². The van der Waals surface area contributed by atoms with Gasteiger partial charge in [0.15, 0.2) is 0 Å². The van der Waals surface area contributed by atoms with E-state index in [4.69, 9.17) is 5.11 Å². The van der Waals surface area contributed by atoms with Gasteiger partial charge in [0, 0.05) is 12.5 Å². The summed E-state index contributed by atoms with van der Waals surface area (Å²) in [6.07, 6.45) is 0.858. The van der Waals surface area contributed by atoms with Crippen LogP contribution in [-0.4, -0.2) is 28.1 Å². The van der Waals surface area contributed by atoms with Gasteiger partial charge in [0.05, 0.1) is 11.4 Å². The monoisotopic (exact) mass is 355 g/mol. The first-order valence-corrected chi connectivity index (χ1v) is 8.22. The SMILES string of the molecule is CC(C)NC(=O)CCc1ccccc1N=Nc1ccc(O)c(C(=O)O)c1. The Labute approximate surface area is 151 Å². The normalized spacial score (nSPS) is 11.0. The molecular weight excluding hydrogens is 334 g/mol. The van der Waals surface area contributed by atoms with Gasteiger partial charge in [0.25, 0.3) is 0 Å². The molecule has 0 aliphatic rings. The summed E-state index contributed by atoms with van der Waals surface area (Å²) in [5, 5.41) is 29.6. The molecule has 0 heterocycles. The van der Waals surface area contributed by atoms with Crippen molar-refractivity contribution >= 4 is 23.3 Å². The first kappa shape index (κ1) is 19.1. The molecule has 0 atom stereocenters. The number of nitrogens with one attached hydrogen (secondary N) is 1. The lowest BCUT2D eigenvalue weighted by Crippen LogP contribution is -2.30. The molecule has 0 unspecified atom stereocenters. The number of carboxylic acids is 1. The number of aromatic hydroxyl groups is 1. The quantitative estimate of drug-likeness (QED) is 0.653. The molecule has 0 aliphatic heterocycles. The van der Waals surface area contributed by atoms with Crippen molar-refractivity contribution in [2.75, 3.05) is 0 Å². The highest BCUT2D eigenvalue weighted by atomic mass is 16.4. The lowest BCUT2D eigenvalue weighted by Gasteiger charge is -2.09. The minimum atomic E-state index is -1.24. The van der Waals surface area contributed by atoms with Crippen LogP contribution in [0.3, 0.4) is 0 Å². The van der Waals surface area contributed by atoms with Gasteiger partial charge in [-0.05, 0) is 50.1 Å². The number of nitrogens with zero attached hydrogens (tertiary/aromatic N) is 2. The van der Waals surface area contributed by atoms with Crippen LogP contribution in [0.2, 0.25) is 0 Å². The topological polar surface area (TPSA) is 111 Å². The minimum Gasteiger partial charge on any atom is -0.507 e. The van der Waals surface area contributed by atoms with E-state index in [1.807, 2.05) is 32.0 Å². The molecule has 0 saturated carbocycles. The summed E-state index contributed by atoms with van der Waals surface area (Å²) in [4.78, 5) is 22.9. The van der Waals surface area contributed by atoms with Gasteiger partial charge in [-0.1, -0.05) is 18.2 Å². The Morgan fingerprint density at radius 2 is 1.85 bits per heavy atom. The molecule has 2 rings (SSSR count). The van der Waals surface area contributed by atoms with Gasteiger partial charge in [0.1, 0.15) is 11.3 Å². The van der Waals surface area contributed by atoms with Gasteiger partial charge in [0.2, 0.25) is 5.91 Å². The van der Waals surface area contributed by atoms with Crippen LogP contribution in [0, 0.1) is 0 Å². The van der Waals surface area contributed by atoms with Gasteiger partial charge in [-0.3, -0.25) is 4.79 Å². The third-order valence-electron chi connectivity index (χ3n) is 3.55. The number of phenols is 1. The molecule has 1 amide bonds. The van der Waals surface area contributed by atoms with Crippen LogP contribution >= 0.6 is 0 Å². The smallest absolute Gasteiger partial charge is 0.339 e. The number of amides is 1. The zero-order valence-corrected chi connectivity index (χ0v) is 14.6. The Morgan fingerprint density at radius 1 is 1.12 bits per heavy atom. The van der Waals surface area contributed by atoms with E-state index in [-0.39, 0.29) is 23.3 Å². The highest BCUT2D eigenvalue weighted by Crippen LogP contribution is 2.27. The second kappa shape index (κ2) is 8.75. The van der Waals surface area contributed by atoms with Crippen LogP contribution in [0.15, 0.2) is 52.7 Å². The fourth-order valence-electron chi connectivity index (χ4n) is 2.33. The van der Waals surface area contributed by atoms with E-state index < -0.39 is 5.97 Å². The Balaban J connectivity index is 2.15. The predicted molar refractivity (Wildman–Crippen MR) is 97.3 cm³/mol. The van der Waals surface area contributed by atoms with Crippen molar-refractivity contribution < 1.29 is 19.8 Å². The maximum Gasteiger partial charge on any atom is 0.339 e. The van der Waals surface area contributed by atoms with Gasteiger partial charge < -0.3 is 15.5 Å². The summed E-state index contributed by atoms with van der Waals surface area (Å²) >= 11 is 0. The number of carboxylic acid groups (broad SMARTS) is 1. The molecule has 2 aromatic carbocycles. The summed E-state index contributed by atoms with van der Waals surface area (Å²) in [5.74, 6) is -1.60. The largest absolute Gasteiger partial charge is 0.507 e.